The molecule has 1 saturated heterocycles. The van der Waals surface area contributed by atoms with Crippen molar-refractivity contribution in [3.8, 4) is 0 Å². The number of carboxylic acid groups (broad SMARTS) is 4. The van der Waals surface area contributed by atoms with E-state index in [1.54, 1.807) is 0 Å². The van der Waals surface area contributed by atoms with Crippen LogP contribution in [0.3, 0.4) is 0 Å². The molecule has 0 saturated carbocycles. The number of amides is 4. The highest BCUT2D eigenvalue weighted by atomic mass is 16.4. The molecule has 4 aromatic carbocycles. The van der Waals surface area contributed by atoms with Crippen LogP contribution in [0.4, 0.5) is 19.2 Å². The van der Waals surface area contributed by atoms with Gasteiger partial charge in [0, 0.05) is 103 Å². The highest BCUT2D eigenvalue weighted by Gasteiger charge is 2.35. The fraction of sp³-hybridized carbons (Fsp3) is 0.500. The first-order valence-corrected chi connectivity index (χ1v) is 26.0. The van der Waals surface area contributed by atoms with Gasteiger partial charge in [0.2, 0.25) is 0 Å². The molecule has 4 aromatic rings. The second-order valence-corrected chi connectivity index (χ2v) is 19.2. The van der Waals surface area contributed by atoms with Crippen molar-refractivity contribution in [1.82, 2.24) is 40.9 Å². The zero-order chi connectivity index (χ0) is 51.2. The Morgan fingerprint density at radius 3 is 0.708 bits per heavy atom. The van der Waals surface area contributed by atoms with Crippen LogP contribution in [0, 0.1) is 0 Å². The molecule has 5 rings (SSSR count). The van der Waals surface area contributed by atoms with Gasteiger partial charge in [-0.1, -0.05) is 147 Å². The Morgan fingerprint density at radius 1 is 0.333 bits per heavy atom. The van der Waals surface area contributed by atoms with Crippen LogP contribution in [-0.4, -0.2) is 141 Å². The average molecular weight is 993 g/mol. The summed E-state index contributed by atoms with van der Waals surface area (Å²) in [6, 6.07) is 42.5. The molecule has 16 nitrogen and oxygen atoms in total. The molecule has 4 atom stereocenters. The summed E-state index contributed by atoms with van der Waals surface area (Å²) in [4.78, 5) is 56.9. The van der Waals surface area contributed by atoms with Crippen molar-refractivity contribution in [3.63, 3.8) is 0 Å². The summed E-state index contributed by atoms with van der Waals surface area (Å²) in [5, 5.41) is 48.2. The predicted octanol–water partition coefficient (Wildman–Crippen LogP) is 9.23. The minimum absolute atomic E-state index is 0.0456. The summed E-state index contributed by atoms with van der Waals surface area (Å²) >= 11 is 0. The first kappa shape index (κ1) is 56.7. The van der Waals surface area contributed by atoms with Crippen molar-refractivity contribution >= 4 is 24.4 Å². The third kappa shape index (κ3) is 22.5. The molecule has 0 aromatic heterocycles. The van der Waals surface area contributed by atoms with Gasteiger partial charge in [-0.3, -0.25) is 19.6 Å². The van der Waals surface area contributed by atoms with E-state index in [0.717, 1.165) is 77.5 Å². The molecule has 72 heavy (non-hydrogen) atoms. The van der Waals surface area contributed by atoms with Crippen LogP contribution in [0.15, 0.2) is 121 Å². The average Bonchev–Trinajstić information content (AvgIpc) is 3.36. The van der Waals surface area contributed by atoms with Crippen molar-refractivity contribution in [2.24, 2.45) is 0 Å². The fourth-order valence-corrected chi connectivity index (χ4v) is 10.1. The van der Waals surface area contributed by atoms with E-state index in [1.165, 1.54) is 22.3 Å². The minimum Gasteiger partial charge on any atom is -0.465 e. The van der Waals surface area contributed by atoms with Gasteiger partial charge in [0.15, 0.2) is 0 Å². The number of unbranched alkanes of at least 4 members (excludes halogenated alkanes) is 4. The molecule has 1 fully saturated rings. The lowest BCUT2D eigenvalue weighted by Crippen LogP contribution is -2.57. The Kier molecular flexibility index (Phi) is 25.8. The van der Waals surface area contributed by atoms with Crippen molar-refractivity contribution in [2.75, 3.05) is 52.4 Å². The smallest absolute Gasteiger partial charge is 0.404 e. The summed E-state index contributed by atoms with van der Waals surface area (Å²) in [7, 11) is 0. The van der Waals surface area contributed by atoms with Crippen LogP contribution in [0.2, 0.25) is 0 Å². The van der Waals surface area contributed by atoms with Crippen LogP contribution >= 0.6 is 0 Å². The number of nitrogens with one attached hydrogen (secondary N) is 4. The van der Waals surface area contributed by atoms with Gasteiger partial charge in [-0.25, -0.2) is 19.2 Å². The van der Waals surface area contributed by atoms with E-state index in [0.29, 0.717) is 78.0 Å². The van der Waals surface area contributed by atoms with Gasteiger partial charge < -0.3 is 41.7 Å². The Labute approximate surface area is 426 Å². The fourth-order valence-electron chi connectivity index (χ4n) is 10.1. The second kappa shape index (κ2) is 32.7. The van der Waals surface area contributed by atoms with E-state index in [1.807, 2.05) is 24.3 Å². The van der Waals surface area contributed by atoms with Crippen LogP contribution in [0.1, 0.15) is 99.3 Å². The highest BCUT2D eigenvalue weighted by molar-refractivity contribution is 5.65. The highest BCUT2D eigenvalue weighted by Crippen LogP contribution is 2.28. The van der Waals surface area contributed by atoms with Crippen LogP contribution in [-0.2, 0) is 26.2 Å². The lowest BCUT2D eigenvalue weighted by molar-refractivity contribution is 0.00958. The van der Waals surface area contributed by atoms with E-state index in [4.69, 9.17) is 0 Å². The van der Waals surface area contributed by atoms with Crippen molar-refractivity contribution in [1.29, 1.82) is 0 Å². The zero-order valence-electron chi connectivity index (χ0n) is 42.0. The topological polar surface area (TPSA) is 210 Å². The summed E-state index contributed by atoms with van der Waals surface area (Å²) < 4.78 is 0. The van der Waals surface area contributed by atoms with E-state index >= 15 is 0 Å². The monoisotopic (exact) mass is 993 g/mol. The van der Waals surface area contributed by atoms with Gasteiger partial charge in [-0.15, -0.1) is 0 Å². The van der Waals surface area contributed by atoms with Crippen LogP contribution in [0.5, 0.6) is 0 Å². The molecular weight excluding hydrogens is 913 g/mol. The summed E-state index contributed by atoms with van der Waals surface area (Å²) in [5.41, 5.74) is 4.78. The van der Waals surface area contributed by atoms with Gasteiger partial charge in [-0.2, -0.15) is 0 Å². The number of carbonyl (C=O) groups is 4. The second-order valence-electron chi connectivity index (χ2n) is 19.2. The molecule has 392 valence electrons. The first-order valence-electron chi connectivity index (χ1n) is 26.0. The third-order valence-electron chi connectivity index (χ3n) is 13.7. The van der Waals surface area contributed by atoms with E-state index in [-0.39, 0.29) is 24.2 Å². The van der Waals surface area contributed by atoms with Gasteiger partial charge in [-0.05, 0) is 73.6 Å². The summed E-state index contributed by atoms with van der Waals surface area (Å²) in [5.74, 6) is 0. The van der Waals surface area contributed by atoms with E-state index < -0.39 is 24.4 Å². The molecular formula is C56H80N8O8. The minimum atomic E-state index is -1.03. The summed E-state index contributed by atoms with van der Waals surface area (Å²) in [6.45, 7) is 7.14. The Bertz CT molecular complexity index is 1820. The number of rotatable bonds is 28. The molecule has 0 bridgehead atoms. The molecule has 1 aliphatic rings. The van der Waals surface area contributed by atoms with Crippen molar-refractivity contribution in [3.05, 3.63) is 144 Å². The molecule has 1 aliphatic heterocycles. The maximum atomic E-state index is 11.6. The molecule has 0 aliphatic carbocycles. The molecule has 8 N–H and O–H groups in total. The van der Waals surface area contributed by atoms with Gasteiger partial charge in [0.05, 0.1) is 0 Å². The first-order chi connectivity index (χ1) is 35.0. The summed E-state index contributed by atoms with van der Waals surface area (Å²) in [6.07, 6.45) is 5.15. The van der Waals surface area contributed by atoms with E-state index in [2.05, 4.69) is 138 Å². The Balaban J connectivity index is 1.70. The van der Waals surface area contributed by atoms with Crippen LogP contribution < -0.4 is 21.3 Å². The van der Waals surface area contributed by atoms with Gasteiger partial charge in [0.1, 0.15) is 0 Å². The largest absolute Gasteiger partial charge is 0.465 e. The number of hydrogen-bond acceptors (Lipinski definition) is 8. The van der Waals surface area contributed by atoms with Gasteiger partial charge >= 0.3 is 24.4 Å². The normalized spacial score (nSPS) is 18.6. The lowest BCUT2D eigenvalue weighted by atomic mass is 9.96. The molecule has 0 radical (unpaired) electrons. The van der Waals surface area contributed by atoms with Gasteiger partial charge in [0.25, 0.3) is 0 Å². The molecule has 0 unspecified atom stereocenters. The number of benzene rings is 4. The number of hydrogen-bond donors (Lipinski definition) is 8. The van der Waals surface area contributed by atoms with E-state index in [9.17, 15) is 39.6 Å². The molecule has 0 spiro atoms. The zero-order valence-corrected chi connectivity index (χ0v) is 42.0. The maximum Gasteiger partial charge on any atom is 0.404 e. The molecule has 1 heterocycles. The third-order valence-corrected chi connectivity index (χ3v) is 13.7. The quantitative estimate of drug-likeness (QED) is 0.0251. The SMILES string of the molecule is O=C(O)NCCCC[C@H]1CN(Cc2ccccc2)[C@@H](CCCCNC(=O)O)CN(Cc2ccccc2)[C@@H](CCCCNC(=O)O)CN(Cc2ccccc2)[C@@H](CCCCNC(=O)O)CN1Cc1ccccc1. The standard InChI is InChI=1S/C56H80N8O8/c65-53(66)57-33-17-13-29-49-42-62(38-46-23-7-2-8-24-46)51(31-15-19-35-59-55(69)70)44-64(40-48-27-11-4-12-28-48)52(32-16-20-36-60-56(71)72)43-63(39-47-25-9-3-10-26-47)50(30-14-18-34-58-54(67)68)41-61(49)37-45-21-5-1-6-22-45/h1-12,21-28,49-52,57-60H,13-20,29-44H2,(H,65,66)(H,67,68)(H,69,70)(H,71,72)/t49-,50-,51-,52-/m0/s1. The maximum absolute atomic E-state index is 11.6. The molecule has 16 heteroatoms. The predicted molar refractivity (Wildman–Crippen MR) is 282 cm³/mol. The Hall–Kier alpha value is -6.20. The van der Waals surface area contributed by atoms with Crippen LogP contribution in [0.25, 0.3) is 0 Å². The van der Waals surface area contributed by atoms with Crippen molar-refractivity contribution in [2.45, 2.75) is 127 Å². The Morgan fingerprint density at radius 2 is 0.528 bits per heavy atom. The van der Waals surface area contributed by atoms with Crippen molar-refractivity contribution < 1.29 is 39.6 Å². The molecule has 4 amide bonds. The lowest BCUT2D eigenvalue weighted by Gasteiger charge is -2.47. The number of nitrogens with zero attached hydrogens (tertiary/aromatic N) is 4.